The zero-order valence-corrected chi connectivity index (χ0v) is 11.0. The van der Waals surface area contributed by atoms with Gasteiger partial charge in [0.05, 0.1) is 26.9 Å². The molecule has 2 aromatic rings. The highest BCUT2D eigenvalue weighted by atomic mass is 35.5. The van der Waals surface area contributed by atoms with Crippen molar-refractivity contribution in [1.82, 2.24) is 0 Å². The summed E-state index contributed by atoms with van der Waals surface area (Å²) in [6.07, 6.45) is 0. The third kappa shape index (κ3) is 1.59. The number of hydrogen-bond donors (Lipinski definition) is 2. The summed E-state index contributed by atoms with van der Waals surface area (Å²) >= 11 is 11.9. The van der Waals surface area contributed by atoms with Crippen LogP contribution in [0.3, 0.4) is 0 Å². The third-order valence-corrected chi connectivity index (χ3v) is 3.71. The molecule has 19 heavy (non-hydrogen) atoms. The van der Waals surface area contributed by atoms with E-state index in [1.165, 1.54) is 6.07 Å². The van der Waals surface area contributed by atoms with E-state index in [0.29, 0.717) is 11.1 Å². The van der Waals surface area contributed by atoms with E-state index in [-0.39, 0.29) is 38.4 Å². The van der Waals surface area contributed by atoms with Crippen molar-refractivity contribution in [3.8, 4) is 5.75 Å². The summed E-state index contributed by atoms with van der Waals surface area (Å²) in [5, 5.41) is 18.3. The highest BCUT2D eigenvalue weighted by molar-refractivity contribution is 6.42. The first-order chi connectivity index (χ1) is 9.02. The number of benzene rings is 2. The van der Waals surface area contributed by atoms with Crippen LogP contribution in [-0.2, 0) is 0 Å². The van der Waals surface area contributed by atoms with E-state index >= 15 is 0 Å². The van der Waals surface area contributed by atoms with Gasteiger partial charge in [0.25, 0.3) is 0 Å². The quantitative estimate of drug-likeness (QED) is 0.664. The fraction of sp³-hybridized carbons (Fsp3) is 0. The van der Waals surface area contributed by atoms with E-state index in [1.807, 2.05) is 0 Å². The van der Waals surface area contributed by atoms with Gasteiger partial charge in [0.1, 0.15) is 5.75 Å². The van der Waals surface area contributed by atoms with Crippen molar-refractivity contribution >= 4 is 34.7 Å². The van der Waals surface area contributed by atoms with Crippen molar-refractivity contribution in [3.63, 3.8) is 0 Å². The topological polar surface area (TPSA) is 61.2 Å². The highest BCUT2D eigenvalue weighted by Crippen LogP contribution is 2.40. The number of carbonyl (C=O) groups excluding carboxylic acids is 1. The van der Waals surface area contributed by atoms with E-state index in [4.69, 9.17) is 28.6 Å². The Kier molecular flexibility index (Phi) is 2.62. The molecule has 0 saturated heterocycles. The van der Waals surface area contributed by atoms with Crippen LogP contribution in [-0.4, -0.2) is 16.6 Å². The average molecular weight is 292 g/mol. The standard InChI is InChI=1S/C14H7Cl2NO2/c15-8-5-9(16)14(19)11-10(8)13(18)7-4-2-1-3-6(7)12(11)17/h1-5,17,19H. The number of phenols is 1. The largest absolute Gasteiger partial charge is 0.506 e. The number of halogens is 2. The van der Waals surface area contributed by atoms with Crippen molar-refractivity contribution in [3.05, 3.63) is 62.6 Å². The van der Waals surface area contributed by atoms with Gasteiger partial charge in [-0.25, -0.2) is 0 Å². The molecule has 0 spiro atoms. The number of fused-ring (bicyclic) bond motifs is 2. The van der Waals surface area contributed by atoms with Crippen LogP contribution in [0.1, 0.15) is 27.0 Å². The fourth-order valence-electron chi connectivity index (χ4n) is 2.24. The molecule has 0 aliphatic heterocycles. The molecule has 5 heteroatoms. The molecular formula is C14H7Cl2NO2. The van der Waals surface area contributed by atoms with Gasteiger partial charge in [0.15, 0.2) is 5.78 Å². The van der Waals surface area contributed by atoms with Gasteiger partial charge in [0.2, 0.25) is 0 Å². The number of ketones is 1. The highest BCUT2D eigenvalue weighted by Gasteiger charge is 2.32. The maximum absolute atomic E-state index is 12.4. The first kappa shape index (κ1) is 12.2. The Morgan fingerprint density at radius 2 is 1.63 bits per heavy atom. The molecule has 94 valence electrons. The Balaban J connectivity index is 2.43. The summed E-state index contributed by atoms with van der Waals surface area (Å²) in [4.78, 5) is 12.4. The fourth-order valence-corrected chi connectivity index (χ4v) is 2.79. The van der Waals surface area contributed by atoms with Crippen molar-refractivity contribution in [2.75, 3.05) is 0 Å². The molecule has 1 aliphatic carbocycles. The number of nitrogens with one attached hydrogen (secondary N) is 1. The van der Waals surface area contributed by atoms with E-state index in [0.717, 1.165) is 0 Å². The van der Waals surface area contributed by atoms with E-state index < -0.39 is 0 Å². The Morgan fingerprint density at radius 1 is 1.00 bits per heavy atom. The molecule has 0 radical (unpaired) electrons. The predicted octanol–water partition coefficient (Wildman–Crippen LogP) is 3.66. The molecule has 0 unspecified atom stereocenters. The molecule has 0 heterocycles. The number of rotatable bonds is 0. The van der Waals surface area contributed by atoms with Crippen molar-refractivity contribution in [1.29, 1.82) is 5.41 Å². The first-order valence-corrected chi connectivity index (χ1v) is 6.22. The minimum Gasteiger partial charge on any atom is -0.506 e. The molecular weight excluding hydrogens is 285 g/mol. The van der Waals surface area contributed by atoms with Gasteiger partial charge in [-0.2, -0.15) is 0 Å². The smallest absolute Gasteiger partial charge is 0.196 e. The summed E-state index contributed by atoms with van der Waals surface area (Å²) in [6.45, 7) is 0. The molecule has 2 N–H and O–H groups in total. The van der Waals surface area contributed by atoms with Crippen LogP contribution in [0.2, 0.25) is 10.0 Å². The van der Waals surface area contributed by atoms with Crippen molar-refractivity contribution in [2.24, 2.45) is 0 Å². The zero-order valence-electron chi connectivity index (χ0n) is 9.50. The molecule has 0 amide bonds. The first-order valence-electron chi connectivity index (χ1n) is 5.46. The zero-order chi connectivity index (χ0) is 13.7. The van der Waals surface area contributed by atoms with Gasteiger partial charge in [-0.1, -0.05) is 47.5 Å². The van der Waals surface area contributed by atoms with Gasteiger partial charge in [-0.05, 0) is 6.07 Å². The molecule has 0 fully saturated rings. The Morgan fingerprint density at radius 3 is 2.32 bits per heavy atom. The molecule has 2 aromatic carbocycles. The molecule has 0 atom stereocenters. The van der Waals surface area contributed by atoms with E-state index in [2.05, 4.69) is 0 Å². The van der Waals surface area contributed by atoms with Crippen LogP contribution in [0.15, 0.2) is 30.3 Å². The number of carbonyl (C=O) groups is 1. The molecule has 0 aromatic heterocycles. The normalized spacial score (nSPS) is 13.2. The molecule has 0 bridgehead atoms. The second-order valence-corrected chi connectivity index (χ2v) is 5.00. The molecule has 1 aliphatic rings. The summed E-state index contributed by atoms with van der Waals surface area (Å²) in [5.41, 5.74) is 1.15. The SMILES string of the molecule is N=C1c2ccccc2C(=O)c2c(Cl)cc(Cl)c(O)c21. The van der Waals surface area contributed by atoms with Gasteiger partial charge < -0.3 is 5.11 Å². The van der Waals surface area contributed by atoms with Crippen LogP contribution in [0.4, 0.5) is 0 Å². The summed E-state index contributed by atoms with van der Waals surface area (Å²) in [7, 11) is 0. The van der Waals surface area contributed by atoms with E-state index in [1.54, 1.807) is 24.3 Å². The van der Waals surface area contributed by atoms with Gasteiger partial charge in [-0.15, -0.1) is 0 Å². The minimum absolute atomic E-state index is 0.0284. The third-order valence-electron chi connectivity index (χ3n) is 3.12. The second-order valence-electron chi connectivity index (χ2n) is 4.19. The Bertz CT molecular complexity index is 753. The van der Waals surface area contributed by atoms with Gasteiger partial charge >= 0.3 is 0 Å². The lowest BCUT2D eigenvalue weighted by atomic mass is 9.83. The Labute approximate surface area is 118 Å². The maximum atomic E-state index is 12.4. The summed E-state index contributed by atoms with van der Waals surface area (Å²) in [6, 6.07) is 8.06. The lowest BCUT2D eigenvalue weighted by Gasteiger charge is -2.21. The number of hydrogen-bond acceptors (Lipinski definition) is 3. The lowest BCUT2D eigenvalue weighted by Crippen LogP contribution is -2.21. The van der Waals surface area contributed by atoms with Crippen LogP contribution in [0, 0.1) is 5.41 Å². The van der Waals surface area contributed by atoms with Gasteiger partial charge in [0, 0.05) is 11.1 Å². The predicted molar refractivity (Wildman–Crippen MR) is 73.9 cm³/mol. The van der Waals surface area contributed by atoms with Crippen molar-refractivity contribution < 1.29 is 9.90 Å². The van der Waals surface area contributed by atoms with Crippen molar-refractivity contribution in [2.45, 2.75) is 0 Å². The maximum Gasteiger partial charge on any atom is 0.196 e. The molecule has 0 saturated carbocycles. The van der Waals surface area contributed by atoms with Crippen LogP contribution < -0.4 is 0 Å². The average Bonchev–Trinajstić information content (AvgIpc) is 2.40. The lowest BCUT2D eigenvalue weighted by molar-refractivity contribution is 0.103. The minimum atomic E-state index is -0.307. The summed E-state index contributed by atoms with van der Waals surface area (Å²) < 4.78 is 0. The number of phenolic OH excluding ortho intramolecular Hbond substituents is 1. The second kappa shape index (κ2) is 4.08. The van der Waals surface area contributed by atoms with Crippen LogP contribution in [0.5, 0.6) is 5.75 Å². The Hall–Kier alpha value is -1.84. The van der Waals surface area contributed by atoms with E-state index in [9.17, 15) is 9.90 Å². The van der Waals surface area contributed by atoms with Crippen LogP contribution in [0.25, 0.3) is 0 Å². The molecule has 3 rings (SSSR count). The van der Waals surface area contributed by atoms with Gasteiger partial charge in [-0.3, -0.25) is 10.2 Å². The monoisotopic (exact) mass is 291 g/mol. The van der Waals surface area contributed by atoms with Crippen LogP contribution >= 0.6 is 23.2 Å². The molecule has 3 nitrogen and oxygen atoms in total. The summed E-state index contributed by atoms with van der Waals surface area (Å²) in [5.74, 6) is -0.590. The number of aromatic hydroxyl groups is 1.